The molecule has 90 valence electrons. The maximum absolute atomic E-state index is 11.4. The Balaban J connectivity index is 2.40. The molecule has 1 rings (SSSR count). The second-order valence-corrected chi connectivity index (χ2v) is 6.19. The van der Waals surface area contributed by atoms with Gasteiger partial charge in [-0.2, -0.15) is 0 Å². The van der Waals surface area contributed by atoms with Crippen molar-refractivity contribution in [2.45, 2.75) is 50.2 Å². The van der Waals surface area contributed by atoms with E-state index >= 15 is 0 Å². The topological polar surface area (TPSA) is 30.2 Å². The molecule has 1 atom stereocenters. The van der Waals surface area contributed by atoms with Gasteiger partial charge in [-0.1, -0.05) is 35.4 Å². The Bertz CT molecular complexity index is 334. The van der Waals surface area contributed by atoms with E-state index in [9.17, 15) is 4.79 Å². The van der Waals surface area contributed by atoms with Gasteiger partial charge in [0.2, 0.25) is 0 Å². The lowest BCUT2D eigenvalue weighted by Gasteiger charge is -2.11. The van der Waals surface area contributed by atoms with Crippen LogP contribution in [-0.2, 0) is 4.79 Å². The van der Waals surface area contributed by atoms with Crippen LogP contribution < -0.4 is 0 Å². The van der Waals surface area contributed by atoms with Crippen LogP contribution in [-0.4, -0.2) is 11.0 Å². The summed E-state index contributed by atoms with van der Waals surface area (Å²) >= 11 is 0. The van der Waals surface area contributed by atoms with Gasteiger partial charge >= 0.3 is 0 Å². The summed E-state index contributed by atoms with van der Waals surface area (Å²) in [5.74, 6) is 1.30. The molecule has 1 heterocycles. The zero-order valence-electron chi connectivity index (χ0n) is 9.99. The Hall–Kier alpha value is -0.350. The van der Waals surface area contributed by atoms with Crippen LogP contribution in [0.1, 0.15) is 38.9 Å². The summed E-state index contributed by atoms with van der Waals surface area (Å²) in [6.07, 6.45) is 4.06. The Kier molecular flexibility index (Phi) is 6.06. The van der Waals surface area contributed by atoms with Crippen molar-refractivity contribution in [2.24, 2.45) is 0 Å². The molecule has 0 amide bonds. The average Bonchev–Trinajstić information content (AvgIpc) is 2.69. The Labute approximate surface area is 105 Å². The lowest BCUT2D eigenvalue weighted by molar-refractivity contribution is -0.118. The van der Waals surface area contributed by atoms with Crippen molar-refractivity contribution >= 4 is 27.4 Å². The first-order valence-corrected chi connectivity index (χ1v) is 7.77. The number of furan rings is 1. The van der Waals surface area contributed by atoms with Gasteiger partial charge in [-0.15, -0.1) is 0 Å². The van der Waals surface area contributed by atoms with Crippen LogP contribution in [0.5, 0.6) is 0 Å². The fourth-order valence-electron chi connectivity index (χ4n) is 1.22. The standard InChI is InChI=1S/C12H18O2S2/c1-4-10(13)8-11(5-2)15-16-12-6-7-14-9(12)3/h6-7,11H,4-5,8H2,1-3H3. The van der Waals surface area contributed by atoms with Crippen molar-refractivity contribution in [3.05, 3.63) is 18.1 Å². The predicted molar refractivity (Wildman–Crippen MR) is 70.9 cm³/mol. The fraction of sp³-hybridized carbons (Fsp3) is 0.583. The molecular formula is C12H18O2S2. The highest BCUT2D eigenvalue weighted by Gasteiger charge is 2.13. The number of ketones is 1. The van der Waals surface area contributed by atoms with Gasteiger partial charge in [0, 0.05) is 18.1 Å². The summed E-state index contributed by atoms with van der Waals surface area (Å²) in [6, 6.07) is 1.97. The van der Waals surface area contributed by atoms with Crippen LogP contribution in [0, 0.1) is 6.92 Å². The third-order valence-corrected chi connectivity index (χ3v) is 5.51. The molecule has 2 nitrogen and oxygen atoms in total. The number of carbonyl (C=O) groups excluding carboxylic acids is 1. The molecule has 1 aromatic heterocycles. The zero-order valence-corrected chi connectivity index (χ0v) is 11.6. The molecule has 0 aromatic carbocycles. The van der Waals surface area contributed by atoms with Crippen LogP contribution >= 0.6 is 21.6 Å². The number of hydrogen-bond acceptors (Lipinski definition) is 4. The van der Waals surface area contributed by atoms with E-state index in [1.54, 1.807) is 27.9 Å². The van der Waals surface area contributed by atoms with E-state index in [0.29, 0.717) is 23.9 Å². The third-order valence-electron chi connectivity index (χ3n) is 2.39. The smallest absolute Gasteiger partial charge is 0.133 e. The van der Waals surface area contributed by atoms with Crippen LogP contribution in [0.4, 0.5) is 0 Å². The van der Waals surface area contributed by atoms with Gasteiger partial charge in [0.1, 0.15) is 11.5 Å². The monoisotopic (exact) mass is 258 g/mol. The highest BCUT2D eigenvalue weighted by Crippen LogP contribution is 2.39. The molecule has 0 radical (unpaired) electrons. The second kappa shape index (κ2) is 7.07. The Morgan fingerprint density at radius 2 is 2.25 bits per heavy atom. The molecule has 0 aliphatic heterocycles. The molecule has 4 heteroatoms. The van der Waals surface area contributed by atoms with Crippen molar-refractivity contribution in [1.29, 1.82) is 0 Å². The zero-order chi connectivity index (χ0) is 12.0. The number of Topliss-reactive ketones (excluding diaryl/α,β-unsaturated/α-hetero) is 1. The van der Waals surface area contributed by atoms with E-state index in [4.69, 9.17) is 4.42 Å². The van der Waals surface area contributed by atoms with Gasteiger partial charge in [-0.05, 0) is 19.4 Å². The second-order valence-electron chi connectivity index (χ2n) is 3.65. The van der Waals surface area contributed by atoms with E-state index in [2.05, 4.69) is 6.92 Å². The summed E-state index contributed by atoms with van der Waals surface area (Å²) in [6.45, 7) is 6.01. The number of rotatable bonds is 7. The van der Waals surface area contributed by atoms with Gasteiger partial charge in [0.05, 0.1) is 11.2 Å². The normalized spacial score (nSPS) is 12.7. The first-order chi connectivity index (χ1) is 7.67. The van der Waals surface area contributed by atoms with Crippen molar-refractivity contribution in [3.8, 4) is 0 Å². The minimum absolute atomic E-state index is 0.351. The first-order valence-electron chi connectivity index (χ1n) is 5.56. The summed E-state index contributed by atoms with van der Waals surface area (Å²) in [5.41, 5.74) is 0. The number of hydrogen-bond donors (Lipinski definition) is 0. The van der Waals surface area contributed by atoms with Crippen molar-refractivity contribution in [2.75, 3.05) is 0 Å². The van der Waals surface area contributed by atoms with E-state index in [1.165, 1.54) is 0 Å². The largest absolute Gasteiger partial charge is 0.468 e. The van der Waals surface area contributed by atoms with E-state index in [0.717, 1.165) is 17.1 Å². The summed E-state index contributed by atoms with van der Waals surface area (Å²) in [5, 5.41) is 0.409. The first kappa shape index (κ1) is 13.7. The molecule has 0 fully saturated rings. The van der Waals surface area contributed by atoms with Crippen LogP contribution in [0.25, 0.3) is 0 Å². The molecule has 0 N–H and O–H groups in total. The van der Waals surface area contributed by atoms with Crippen LogP contribution in [0.2, 0.25) is 0 Å². The minimum Gasteiger partial charge on any atom is -0.468 e. The molecule has 0 aliphatic carbocycles. The quantitative estimate of drug-likeness (QED) is 0.675. The van der Waals surface area contributed by atoms with Gasteiger partial charge in [-0.3, -0.25) is 4.79 Å². The van der Waals surface area contributed by atoms with Crippen molar-refractivity contribution in [1.82, 2.24) is 0 Å². The minimum atomic E-state index is 0.351. The van der Waals surface area contributed by atoms with Crippen LogP contribution in [0.15, 0.2) is 21.6 Å². The van der Waals surface area contributed by atoms with Gasteiger partial charge in [0.15, 0.2) is 0 Å². The highest BCUT2D eigenvalue weighted by molar-refractivity contribution is 8.77. The van der Waals surface area contributed by atoms with E-state index in [1.807, 2.05) is 19.9 Å². The van der Waals surface area contributed by atoms with Gasteiger partial charge in [-0.25, -0.2) is 0 Å². The molecule has 16 heavy (non-hydrogen) atoms. The Morgan fingerprint density at radius 3 is 2.75 bits per heavy atom. The van der Waals surface area contributed by atoms with Gasteiger partial charge in [0.25, 0.3) is 0 Å². The fourth-order valence-corrected chi connectivity index (χ4v) is 3.98. The summed E-state index contributed by atoms with van der Waals surface area (Å²) in [7, 11) is 3.48. The maximum atomic E-state index is 11.4. The van der Waals surface area contributed by atoms with Crippen molar-refractivity contribution < 1.29 is 9.21 Å². The molecule has 0 bridgehead atoms. The molecule has 0 saturated carbocycles. The lowest BCUT2D eigenvalue weighted by atomic mass is 10.1. The highest BCUT2D eigenvalue weighted by atomic mass is 33.1. The third kappa shape index (κ3) is 4.26. The predicted octanol–water partition coefficient (Wildman–Crippen LogP) is 4.48. The average molecular weight is 258 g/mol. The van der Waals surface area contributed by atoms with Gasteiger partial charge < -0.3 is 4.42 Å². The molecule has 1 aromatic rings. The van der Waals surface area contributed by atoms with E-state index < -0.39 is 0 Å². The molecule has 0 spiro atoms. The maximum Gasteiger partial charge on any atom is 0.133 e. The van der Waals surface area contributed by atoms with Crippen LogP contribution in [0.3, 0.4) is 0 Å². The number of carbonyl (C=O) groups is 1. The number of aryl methyl sites for hydroxylation is 1. The van der Waals surface area contributed by atoms with Crippen molar-refractivity contribution in [3.63, 3.8) is 0 Å². The molecule has 1 unspecified atom stereocenters. The SMILES string of the molecule is CCC(=O)CC(CC)SSc1ccoc1C. The summed E-state index contributed by atoms with van der Waals surface area (Å²) in [4.78, 5) is 12.5. The Morgan fingerprint density at radius 1 is 1.50 bits per heavy atom. The van der Waals surface area contributed by atoms with E-state index in [-0.39, 0.29) is 0 Å². The summed E-state index contributed by atoms with van der Waals surface area (Å²) < 4.78 is 5.23. The molecule has 0 aliphatic rings. The lowest BCUT2D eigenvalue weighted by Crippen LogP contribution is -2.07. The molecule has 0 saturated heterocycles. The molecular weight excluding hydrogens is 240 g/mol.